The molecule has 2 aliphatic rings. The van der Waals surface area contributed by atoms with Gasteiger partial charge in [0.2, 0.25) is 5.91 Å². The number of hydrogen-bond donors (Lipinski definition) is 1. The van der Waals surface area contributed by atoms with E-state index in [2.05, 4.69) is 5.32 Å². The van der Waals surface area contributed by atoms with E-state index in [0.717, 1.165) is 26.2 Å². The van der Waals surface area contributed by atoms with Crippen LogP contribution in [0.15, 0.2) is 24.3 Å². The Kier molecular flexibility index (Phi) is 6.03. The maximum Gasteiger partial charge on any atom is 0.222 e. The Bertz CT molecular complexity index is 503. The number of hydrogen-bond acceptors (Lipinski definition) is 3. The molecule has 0 spiro atoms. The van der Waals surface area contributed by atoms with Gasteiger partial charge in [-0.05, 0) is 30.4 Å². The minimum Gasteiger partial charge on any atom is -0.493 e. The number of carbonyl (C=O) groups excluding carboxylic acids is 1. The van der Waals surface area contributed by atoms with Crippen molar-refractivity contribution in [1.82, 2.24) is 10.2 Å². The first-order valence-corrected chi connectivity index (χ1v) is 7.59. The van der Waals surface area contributed by atoms with E-state index in [4.69, 9.17) is 4.74 Å². The van der Waals surface area contributed by atoms with Crippen LogP contribution in [0.25, 0.3) is 0 Å². The molecule has 0 bridgehead atoms. The zero-order valence-corrected chi connectivity index (χ0v) is 13.3. The summed E-state index contributed by atoms with van der Waals surface area (Å²) in [5, 5.41) is 3.37. The minimum atomic E-state index is -0.305. The first kappa shape index (κ1) is 17.0. The van der Waals surface area contributed by atoms with Crippen LogP contribution in [-0.2, 0) is 4.79 Å². The summed E-state index contributed by atoms with van der Waals surface area (Å²) in [7, 11) is 0. The summed E-state index contributed by atoms with van der Waals surface area (Å²) in [4.78, 5) is 14.1. The highest BCUT2D eigenvalue weighted by molar-refractivity contribution is 5.85. The molecule has 0 unspecified atom stereocenters. The number of carbonyl (C=O) groups is 1. The van der Waals surface area contributed by atoms with Crippen LogP contribution in [-0.4, -0.2) is 43.6 Å². The van der Waals surface area contributed by atoms with Crippen molar-refractivity contribution in [3.05, 3.63) is 30.1 Å². The van der Waals surface area contributed by atoms with E-state index in [1.807, 2.05) is 4.90 Å². The Labute approximate surface area is 136 Å². The van der Waals surface area contributed by atoms with Crippen molar-refractivity contribution in [2.45, 2.75) is 12.8 Å². The third-order valence-corrected chi connectivity index (χ3v) is 4.34. The number of benzene rings is 1. The molecule has 2 atom stereocenters. The van der Waals surface area contributed by atoms with E-state index < -0.39 is 0 Å². The van der Waals surface area contributed by atoms with Gasteiger partial charge in [0.25, 0.3) is 0 Å². The lowest BCUT2D eigenvalue weighted by Crippen LogP contribution is -2.31. The fourth-order valence-corrected chi connectivity index (χ4v) is 3.19. The first-order chi connectivity index (χ1) is 10.2. The van der Waals surface area contributed by atoms with Crippen molar-refractivity contribution in [3.8, 4) is 5.75 Å². The summed E-state index contributed by atoms with van der Waals surface area (Å²) in [5.41, 5.74) is 0. The smallest absolute Gasteiger partial charge is 0.222 e. The predicted molar refractivity (Wildman–Crippen MR) is 84.8 cm³/mol. The van der Waals surface area contributed by atoms with Crippen LogP contribution in [0.5, 0.6) is 5.75 Å². The second kappa shape index (κ2) is 7.79. The van der Waals surface area contributed by atoms with Crippen molar-refractivity contribution in [2.24, 2.45) is 11.8 Å². The summed E-state index contributed by atoms with van der Waals surface area (Å²) in [6.07, 6.45) is 1.17. The van der Waals surface area contributed by atoms with Crippen molar-refractivity contribution >= 4 is 18.3 Å². The Morgan fingerprint density at radius 2 is 2.05 bits per heavy atom. The third kappa shape index (κ3) is 4.11. The molecule has 2 fully saturated rings. The highest BCUT2D eigenvalue weighted by Crippen LogP contribution is 2.26. The van der Waals surface area contributed by atoms with Crippen molar-refractivity contribution in [3.63, 3.8) is 0 Å². The van der Waals surface area contributed by atoms with Gasteiger partial charge in [-0.25, -0.2) is 4.39 Å². The predicted octanol–water partition coefficient (Wildman–Crippen LogP) is 2.08. The molecular weight excluding hydrogens is 307 g/mol. The highest BCUT2D eigenvalue weighted by Gasteiger charge is 2.37. The second-order valence-electron chi connectivity index (χ2n) is 5.89. The molecule has 1 aromatic rings. The summed E-state index contributed by atoms with van der Waals surface area (Å²) >= 11 is 0. The zero-order chi connectivity index (χ0) is 14.7. The molecule has 2 saturated heterocycles. The van der Waals surface area contributed by atoms with Gasteiger partial charge in [0.1, 0.15) is 11.6 Å². The SMILES string of the molecule is Cl.O=C(CCCOc1cccc(F)c1)N1C[C@H]2CNC[C@H]2C1. The molecule has 2 aliphatic heterocycles. The van der Waals surface area contributed by atoms with Crippen molar-refractivity contribution in [1.29, 1.82) is 0 Å². The van der Waals surface area contributed by atoms with E-state index in [-0.39, 0.29) is 24.1 Å². The fraction of sp³-hybridized carbons (Fsp3) is 0.562. The van der Waals surface area contributed by atoms with Gasteiger partial charge < -0.3 is 15.0 Å². The number of rotatable bonds is 5. The topological polar surface area (TPSA) is 41.6 Å². The van der Waals surface area contributed by atoms with E-state index >= 15 is 0 Å². The van der Waals surface area contributed by atoms with Crippen molar-refractivity contribution < 1.29 is 13.9 Å². The number of fused-ring (bicyclic) bond motifs is 1. The molecule has 122 valence electrons. The maximum absolute atomic E-state index is 13.0. The van der Waals surface area contributed by atoms with Crippen LogP contribution in [0.2, 0.25) is 0 Å². The molecule has 1 N–H and O–H groups in total. The maximum atomic E-state index is 13.0. The molecular formula is C16H22ClFN2O2. The minimum absolute atomic E-state index is 0. The summed E-state index contributed by atoms with van der Waals surface area (Å²) in [6.45, 7) is 4.30. The average Bonchev–Trinajstić information content (AvgIpc) is 3.04. The fourth-order valence-electron chi connectivity index (χ4n) is 3.19. The Morgan fingerprint density at radius 3 is 2.73 bits per heavy atom. The van der Waals surface area contributed by atoms with Gasteiger partial charge in [0.15, 0.2) is 0 Å². The number of nitrogens with one attached hydrogen (secondary N) is 1. The summed E-state index contributed by atoms with van der Waals surface area (Å²) in [6, 6.07) is 6.08. The molecule has 4 nitrogen and oxygen atoms in total. The van der Waals surface area contributed by atoms with Crippen LogP contribution in [0.3, 0.4) is 0 Å². The standard InChI is InChI=1S/C16H21FN2O2.ClH/c17-14-3-1-4-15(7-14)21-6-2-5-16(20)19-10-12-8-18-9-13(12)11-19;/h1,3-4,7,12-13,18H,2,5-6,8-11H2;1H/t12-,13+;. The first-order valence-electron chi connectivity index (χ1n) is 7.59. The monoisotopic (exact) mass is 328 g/mol. The lowest BCUT2D eigenvalue weighted by Gasteiger charge is -2.17. The number of nitrogens with zero attached hydrogens (tertiary/aromatic N) is 1. The van der Waals surface area contributed by atoms with Gasteiger partial charge in [0.05, 0.1) is 6.61 Å². The van der Waals surface area contributed by atoms with Crippen LogP contribution in [0.4, 0.5) is 4.39 Å². The van der Waals surface area contributed by atoms with E-state index in [1.54, 1.807) is 12.1 Å². The molecule has 0 aliphatic carbocycles. The molecule has 0 saturated carbocycles. The Morgan fingerprint density at radius 1 is 1.32 bits per heavy atom. The number of halogens is 2. The third-order valence-electron chi connectivity index (χ3n) is 4.34. The second-order valence-corrected chi connectivity index (χ2v) is 5.89. The van der Waals surface area contributed by atoms with Crippen molar-refractivity contribution in [2.75, 3.05) is 32.8 Å². The number of likely N-dealkylation sites (tertiary alicyclic amines) is 1. The van der Waals surface area contributed by atoms with Gasteiger partial charge in [-0.2, -0.15) is 0 Å². The van der Waals surface area contributed by atoms with Crippen LogP contribution in [0, 0.1) is 17.7 Å². The van der Waals surface area contributed by atoms with Gasteiger partial charge >= 0.3 is 0 Å². The Hall–Kier alpha value is -1.33. The molecule has 1 amide bonds. The molecule has 3 rings (SSSR count). The molecule has 22 heavy (non-hydrogen) atoms. The lowest BCUT2D eigenvalue weighted by atomic mass is 10.0. The van der Waals surface area contributed by atoms with Crippen LogP contribution < -0.4 is 10.1 Å². The summed E-state index contributed by atoms with van der Waals surface area (Å²) in [5.74, 6) is 1.70. The van der Waals surface area contributed by atoms with E-state index in [1.165, 1.54) is 12.1 Å². The number of ether oxygens (including phenoxy) is 1. The highest BCUT2D eigenvalue weighted by atomic mass is 35.5. The number of amides is 1. The van der Waals surface area contributed by atoms with Gasteiger partial charge in [0, 0.05) is 38.7 Å². The molecule has 1 aromatic carbocycles. The molecule has 0 radical (unpaired) electrons. The summed E-state index contributed by atoms with van der Waals surface area (Å²) < 4.78 is 18.4. The molecule has 0 aromatic heterocycles. The van der Waals surface area contributed by atoms with E-state index in [0.29, 0.717) is 37.0 Å². The van der Waals surface area contributed by atoms with Gasteiger partial charge in [-0.1, -0.05) is 6.07 Å². The Balaban J connectivity index is 0.00000176. The molecule has 6 heteroatoms. The zero-order valence-electron chi connectivity index (χ0n) is 12.5. The van der Waals surface area contributed by atoms with E-state index in [9.17, 15) is 9.18 Å². The normalized spacial score (nSPS) is 23.0. The van der Waals surface area contributed by atoms with Gasteiger partial charge in [-0.3, -0.25) is 4.79 Å². The van der Waals surface area contributed by atoms with Crippen LogP contribution >= 0.6 is 12.4 Å². The molecule has 2 heterocycles. The largest absolute Gasteiger partial charge is 0.493 e. The quantitative estimate of drug-likeness (QED) is 0.842. The lowest BCUT2D eigenvalue weighted by molar-refractivity contribution is -0.130. The average molecular weight is 329 g/mol. The van der Waals surface area contributed by atoms with Gasteiger partial charge in [-0.15, -0.1) is 12.4 Å². The van der Waals surface area contributed by atoms with Crippen LogP contribution in [0.1, 0.15) is 12.8 Å².